The third-order valence-electron chi connectivity index (χ3n) is 1.43. The van der Waals surface area contributed by atoms with Gasteiger partial charge in [-0.1, -0.05) is 0 Å². The fourth-order valence-electron chi connectivity index (χ4n) is 0.857. The van der Waals surface area contributed by atoms with Crippen LogP contribution in [-0.4, -0.2) is 22.5 Å². The molecule has 0 aliphatic rings. The molecule has 0 radical (unpaired) electrons. The molecule has 0 saturated carbocycles. The van der Waals surface area contributed by atoms with Crippen LogP contribution in [0.5, 0.6) is 0 Å². The second kappa shape index (κ2) is 5.45. The van der Waals surface area contributed by atoms with E-state index in [4.69, 9.17) is 0 Å². The van der Waals surface area contributed by atoms with Gasteiger partial charge in [-0.15, -0.1) is 0 Å². The number of ketones is 1. The zero-order valence-corrected chi connectivity index (χ0v) is 11.0. The summed E-state index contributed by atoms with van der Waals surface area (Å²) in [6.45, 7) is -3.62. The monoisotopic (exact) mass is 230 g/mol. The molecule has 0 atom stereocenters. The molecule has 8 heteroatoms. The van der Waals surface area contributed by atoms with E-state index >= 15 is 0 Å². The molecule has 3 nitrogen and oxygen atoms in total. The van der Waals surface area contributed by atoms with E-state index in [1.165, 1.54) is 6.92 Å². The summed E-state index contributed by atoms with van der Waals surface area (Å²) < 4.78 is 36.3. The Bertz CT molecular complexity index is 325. The number of rotatable bonds is 3. The van der Waals surface area contributed by atoms with Gasteiger partial charge in [0.05, 0.1) is 11.8 Å². The molecule has 0 unspecified atom stereocenters. The normalized spacial score (nSPS) is 10.9. The molecule has 72 valence electrons. The Hall–Kier alpha value is 0.371. The van der Waals surface area contributed by atoms with E-state index in [1.54, 1.807) is 0 Å². The second-order valence-electron chi connectivity index (χ2n) is 2.72. The van der Waals surface area contributed by atoms with E-state index in [2.05, 4.69) is 5.10 Å². The van der Waals surface area contributed by atoms with E-state index in [-0.39, 0.29) is 62.7 Å². The van der Waals surface area contributed by atoms with Crippen LogP contribution in [-0.2, 0) is 6.44 Å². The molecule has 0 N–H and O–H groups in total. The number of carbonyl (C=O) groups is 1. The molecule has 0 amide bonds. The molecule has 1 rings (SSSR count). The largest absolute Gasteiger partial charge is 1.00 e. The zero-order chi connectivity index (χ0) is 10.1. The van der Waals surface area contributed by atoms with Crippen LogP contribution in [0.25, 0.3) is 0 Å². The molecule has 1 aromatic rings. The zero-order valence-electron chi connectivity index (χ0n) is 7.88. The molecule has 1 aromatic heterocycles. The predicted octanol–water partition coefficient (Wildman–Crippen LogP) is -1.52. The van der Waals surface area contributed by atoms with Crippen molar-refractivity contribution < 1.29 is 69.1 Å². The quantitative estimate of drug-likeness (QED) is 0.466. The van der Waals surface area contributed by atoms with Gasteiger partial charge < -0.3 is 12.9 Å². The topological polar surface area (TPSA) is 34.9 Å². The van der Waals surface area contributed by atoms with Crippen molar-refractivity contribution in [2.45, 2.75) is 13.4 Å². The van der Waals surface area contributed by atoms with Crippen molar-refractivity contribution in [1.82, 2.24) is 9.78 Å². The van der Waals surface area contributed by atoms with Crippen LogP contribution in [0.3, 0.4) is 0 Å². The van der Waals surface area contributed by atoms with E-state index in [9.17, 15) is 17.7 Å². The Morgan fingerprint density at radius 2 is 2.14 bits per heavy atom. The summed E-state index contributed by atoms with van der Waals surface area (Å²) in [6.07, 6.45) is 1.12. The van der Waals surface area contributed by atoms with Crippen molar-refractivity contribution in [2.24, 2.45) is 0 Å². The van der Waals surface area contributed by atoms with Crippen LogP contribution >= 0.6 is 0 Å². The standard InChI is InChI=1S/C6H7BF3N2O.K/c1-5(13)6-2-11-12(3-6)4-7(8,9)10;/h2-3H,4H2,1H3;/q-1;+1. The van der Waals surface area contributed by atoms with Gasteiger partial charge in [0.1, 0.15) is 0 Å². The van der Waals surface area contributed by atoms with Crippen LogP contribution in [0.2, 0.25) is 0 Å². The van der Waals surface area contributed by atoms with Crippen molar-refractivity contribution in [3.8, 4) is 0 Å². The maximum atomic E-state index is 11.9. The first-order valence-electron chi connectivity index (χ1n) is 3.63. The second-order valence-corrected chi connectivity index (χ2v) is 2.72. The smallest absolute Gasteiger partial charge is 0.448 e. The van der Waals surface area contributed by atoms with Gasteiger partial charge in [-0.3, -0.25) is 9.48 Å². The van der Waals surface area contributed by atoms with Crippen molar-refractivity contribution in [2.75, 3.05) is 0 Å². The van der Waals surface area contributed by atoms with Crippen LogP contribution in [0, 0.1) is 0 Å². The molecule has 0 saturated heterocycles. The summed E-state index contributed by atoms with van der Waals surface area (Å²) >= 11 is 0. The van der Waals surface area contributed by atoms with Gasteiger partial charge in [-0.2, -0.15) is 5.10 Å². The first kappa shape index (κ1) is 14.4. The van der Waals surface area contributed by atoms with Gasteiger partial charge in [0, 0.05) is 12.6 Å². The number of carbonyl (C=O) groups excluding carboxylic acids is 1. The molecule has 0 aliphatic carbocycles. The van der Waals surface area contributed by atoms with Gasteiger partial charge in [0.25, 0.3) is 0 Å². The van der Waals surface area contributed by atoms with Crippen LogP contribution in [0.4, 0.5) is 12.9 Å². The molecule has 14 heavy (non-hydrogen) atoms. The minimum absolute atomic E-state index is 0. The number of halogens is 3. The fraction of sp³-hybridized carbons (Fsp3) is 0.333. The molecule has 0 spiro atoms. The minimum Gasteiger partial charge on any atom is -0.448 e. The third-order valence-corrected chi connectivity index (χ3v) is 1.43. The third kappa shape index (κ3) is 4.74. The van der Waals surface area contributed by atoms with Crippen LogP contribution < -0.4 is 51.4 Å². The Balaban J connectivity index is 0.00000169. The Kier molecular flexibility index (Phi) is 5.60. The number of hydrogen-bond acceptors (Lipinski definition) is 2. The maximum Gasteiger partial charge on any atom is 1.00 e. The Labute approximate surface area is 122 Å². The van der Waals surface area contributed by atoms with Crippen molar-refractivity contribution in [3.63, 3.8) is 0 Å². The molecule has 0 aliphatic heterocycles. The molecule has 0 fully saturated rings. The van der Waals surface area contributed by atoms with Crippen molar-refractivity contribution >= 4 is 12.8 Å². The van der Waals surface area contributed by atoms with E-state index < -0.39 is 13.4 Å². The van der Waals surface area contributed by atoms with Crippen molar-refractivity contribution in [1.29, 1.82) is 0 Å². The van der Waals surface area contributed by atoms with Gasteiger partial charge >= 0.3 is 58.4 Å². The summed E-state index contributed by atoms with van der Waals surface area (Å²) in [5, 5.41) is 3.41. The van der Waals surface area contributed by atoms with E-state index in [0.29, 0.717) is 0 Å². The van der Waals surface area contributed by atoms with Gasteiger partial charge in [-0.25, -0.2) is 0 Å². The van der Waals surface area contributed by atoms with Crippen LogP contribution in [0.15, 0.2) is 12.4 Å². The maximum absolute atomic E-state index is 11.9. The first-order valence-corrected chi connectivity index (χ1v) is 3.63. The summed E-state index contributed by atoms with van der Waals surface area (Å²) in [5.74, 6) is -0.291. The molecular formula is C6H7BF3KN2O. The molecule has 0 bridgehead atoms. The number of aromatic nitrogens is 2. The average molecular weight is 230 g/mol. The fourth-order valence-corrected chi connectivity index (χ4v) is 0.857. The minimum atomic E-state index is -4.90. The summed E-state index contributed by atoms with van der Waals surface area (Å²) in [4.78, 5) is 10.7. The number of hydrogen-bond donors (Lipinski definition) is 0. The van der Waals surface area contributed by atoms with E-state index in [1.807, 2.05) is 0 Å². The first-order chi connectivity index (χ1) is 5.88. The summed E-state index contributed by atoms with van der Waals surface area (Å²) in [5.41, 5.74) is 0.194. The van der Waals surface area contributed by atoms with E-state index in [0.717, 1.165) is 17.1 Å². The van der Waals surface area contributed by atoms with Crippen LogP contribution in [0.1, 0.15) is 17.3 Å². The molecule has 0 aromatic carbocycles. The number of nitrogens with zero attached hydrogens (tertiary/aromatic N) is 2. The molecular weight excluding hydrogens is 223 g/mol. The Morgan fingerprint density at radius 1 is 1.57 bits per heavy atom. The predicted molar refractivity (Wildman–Crippen MR) is 41.3 cm³/mol. The van der Waals surface area contributed by atoms with Crippen molar-refractivity contribution in [3.05, 3.63) is 18.0 Å². The van der Waals surface area contributed by atoms with Gasteiger partial charge in [-0.05, 0) is 6.92 Å². The Morgan fingerprint density at radius 3 is 2.50 bits per heavy atom. The summed E-state index contributed by atoms with van der Waals surface area (Å²) in [6, 6.07) is 0. The van der Waals surface area contributed by atoms with Gasteiger partial charge in [0.2, 0.25) is 0 Å². The van der Waals surface area contributed by atoms with Gasteiger partial charge in [0.15, 0.2) is 5.78 Å². The summed E-state index contributed by atoms with van der Waals surface area (Å²) in [7, 11) is 0. The SMILES string of the molecule is CC(=O)c1cnn(C[B-](F)(F)F)c1.[K+]. The average Bonchev–Trinajstić information content (AvgIpc) is 2.31. The molecule has 1 heterocycles. The number of Topliss-reactive ketones (excluding diaryl/α,β-unsaturated/α-hetero) is 1.